The summed E-state index contributed by atoms with van der Waals surface area (Å²) in [7, 11) is 0. The van der Waals surface area contributed by atoms with Crippen molar-refractivity contribution in [3.8, 4) is 0 Å². The van der Waals surface area contributed by atoms with Crippen molar-refractivity contribution >= 4 is 23.4 Å². The molecule has 0 bridgehead atoms. The summed E-state index contributed by atoms with van der Waals surface area (Å²) < 4.78 is 0. The Bertz CT molecular complexity index is 514. The van der Waals surface area contributed by atoms with Crippen LogP contribution in [0.3, 0.4) is 0 Å². The molecule has 0 aromatic heterocycles. The Hall–Kier alpha value is -2.48. The Kier molecular flexibility index (Phi) is 3.71. The smallest absolute Gasteiger partial charge is 0.269 e. The first-order valence-corrected chi connectivity index (χ1v) is 5.63. The summed E-state index contributed by atoms with van der Waals surface area (Å²) in [5, 5.41) is 19.1. The summed E-state index contributed by atoms with van der Waals surface area (Å²) in [4.78, 5) is 21.0. The van der Waals surface area contributed by atoms with Gasteiger partial charge >= 0.3 is 0 Å². The number of aldehydes is 1. The van der Waals surface area contributed by atoms with Gasteiger partial charge in [0.2, 0.25) is 0 Å². The molecule has 0 spiro atoms. The number of carbonyl (C=O) groups excluding carboxylic acids is 1. The molecule has 1 aliphatic rings. The number of rotatable bonds is 4. The highest BCUT2D eigenvalue weighted by molar-refractivity contribution is 5.85. The number of nitrogens with zero attached hydrogens (tertiary/aromatic N) is 3. The zero-order valence-corrected chi connectivity index (χ0v) is 10.2. The highest BCUT2D eigenvalue weighted by Crippen LogP contribution is 2.16. The standard InChI is InChI=1S/C11H13N5O3/c1-8-6-12-11(7-17)15(13-8)14-9-2-4-10(5-3-9)16(18)19/h2-5,7,11-12,14H,6H2,1H3. The first-order valence-electron chi connectivity index (χ1n) is 5.63. The van der Waals surface area contributed by atoms with E-state index in [4.69, 9.17) is 0 Å². The molecule has 2 N–H and O–H groups in total. The molecule has 0 radical (unpaired) electrons. The summed E-state index contributed by atoms with van der Waals surface area (Å²) in [5.41, 5.74) is 4.35. The predicted molar refractivity (Wildman–Crippen MR) is 69.5 cm³/mol. The molecular formula is C11H13N5O3. The van der Waals surface area contributed by atoms with Gasteiger partial charge in [-0.25, -0.2) is 0 Å². The molecule has 0 amide bonds. The lowest BCUT2D eigenvalue weighted by Crippen LogP contribution is -2.52. The lowest BCUT2D eigenvalue weighted by atomic mass is 10.3. The number of hydrogen-bond donors (Lipinski definition) is 2. The second-order valence-electron chi connectivity index (χ2n) is 4.06. The van der Waals surface area contributed by atoms with Crippen LogP contribution in [0.2, 0.25) is 0 Å². The van der Waals surface area contributed by atoms with Crippen molar-refractivity contribution in [1.82, 2.24) is 10.4 Å². The number of benzene rings is 1. The highest BCUT2D eigenvalue weighted by Gasteiger charge is 2.20. The summed E-state index contributed by atoms with van der Waals surface area (Å²) in [6, 6.07) is 5.87. The minimum atomic E-state index is -0.570. The van der Waals surface area contributed by atoms with Gasteiger partial charge in [-0.2, -0.15) is 10.2 Å². The van der Waals surface area contributed by atoms with Crippen LogP contribution in [0.1, 0.15) is 6.92 Å². The van der Waals surface area contributed by atoms with Crippen LogP contribution in [0.25, 0.3) is 0 Å². The molecule has 100 valence electrons. The third-order valence-corrected chi connectivity index (χ3v) is 2.56. The van der Waals surface area contributed by atoms with Gasteiger partial charge in [-0.05, 0) is 19.1 Å². The van der Waals surface area contributed by atoms with Gasteiger partial charge in [0.05, 0.1) is 16.3 Å². The van der Waals surface area contributed by atoms with Crippen LogP contribution in [0.5, 0.6) is 0 Å². The lowest BCUT2D eigenvalue weighted by molar-refractivity contribution is -0.384. The summed E-state index contributed by atoms with van der Waals surface area (Å²) in [5.74, 6) is 0. The molecule has 1 aliphatic heterocycles. The van der Waals surface area contributed by atoms with Crippen LogP contribution in [0.4, 0.5) is 11.4 Å². The van der Waals surface area contributed by atoms with Crippen molar-refractivity contribution in [3.05, 3.63) is 34.4 Å². The average molecular weight is 263 g/mol. The molecule has 8 heteroatoms. The molecule has 1 aromatic carbocycles. The predicted octanol–water partition coefficient (Wildman–Crippen LogP) is 0.728. The van der Waals surface area contributed by atoms with Crippen molar-refractivity contribution < 1.29 is 9.72 Å². The number of carbonyl (C=O) groups is 1. The Morgan fingerprint density at radius 1 is 1.53 bits per heavy atom. The van der Waals surface area contributed by atoms with Crippen molar-refractivity contribution in [3.63, 3.8) is 0 Å². The fraction of sp³-hybridized carbons (Fsp3) is 0.273. The molecule has 1 heterocycles. The van der Waals surface area contributed by atoms with Crippen LogP contribution < -0.4 is 10.7 Å². The number of hydrazone groups is 1. The molecule has 0 aliphatic carbocycles. The third kappa shape index (κ3) is 3.05. The van der Waals surface area contributed by atoms with Crippen LogP contribution >= 0.6 is 0 Å². The Balaban J connectivity index is 2.12. The van der Waals surface area contributed by atoms with Crippen LogP contribution in [0.15, 0.2) is 29.4 Å². The Labute approximate surface area is 109 Å². The number of nitrogens with one attached hydrogen (secondary N) is 2. The third-order valence-electron chi connectivity index (χ3n) is 2.56. The Morgan fingerprint density at radius 2 is 2.21 bits per heavy atom. The van der Waals surface area contributed by atoms with E-state index in [1.807, 2.05) is 6.92 Å². The lowest BCUT2D eigenvalue weighted by Gasteiger charge is -2.31. The molecule has 0 fully saturated rings. The number of hydrogen-bond acceptors (Lipinski definition) is 7. The molecule has 2 rings (SSSR count). The summed E-state index contributed by atoms with van der Waals surface area (Å²) >= 11 is 0. The highest BCUT2D eigenvalue weighted by atomic mass is 16.6. The average Bonchev–Trinajstić information content (AvgIpc) is 2.39. The van der Waals surface area contributed by atoms with Crippen molar-refractivity contribution in [1.29, 1.82) is 0 Å². The van der Waals surface area contributed by atoms with Crippen molar-refractivity contribution in [2.45, 2.75) is 13.1 Å². The number of hydrazine groups is 1. The summed E-state index contributed by atoms with van der Waals surface area (Å²) in [6.45, 7) is 2.38. The van der Waals surface area contributed by atoms with Gasteiger partial charge < -0.3 is 0 Å². The fourth-order valence-corrected chi connectivity index (χ4v) is 1.61. The van der Waals surface area contributed by atoms with Gasteiger partial charge in [-0.15, -0.1) is 0 Å². The molecular weight excluding hydrogens is 250 g/mol. The van der Waals surface area contributed by atoms with Gasteiger partial charge in [0.1, 0.15) is 0 Å². The van der Waals surface area contributed by atoms with Crippen LogP contribution in [-0.2, 0) is 4.79 Å². The van der Waals surface area contributed by atoms with Crippen LogP contribution in [-0.4, -0.2) is 34.7 Å². The van der Waals surface area contributed by atoms with E-state index in [0.29, 0.717) is 12.2 Å². The molecule has 1 atom stereocenters. The van der Waals surface area contributed by atoms with E-state index < -0.39 is 11.1 Å². The zero-order valence-electron chi connectivity index (χ0n) is 10.2. The first kappa shape index (κ1) is 13.0. The SMILES string of the molecule is CC1=NN(Nc2ccc([N+](=O)[O-])cc2)C(C=O)NC1. The second kappa shape index (κ2) is 5.44. The van der Waals surface area contributed by atoms with E-state index in [0.717, 1.165) is 12.0 Å². The van der Waals surface area contributed by atoms with Gasteiger partial charge in [0, 0.05) is 18.7 Å². The second-order valence-corrected chi connectivity index (χ2v) is 4.06. The van der Waals surface area contributed by atoms with Gasteiger partial charge in [-0.1, -0.05) is 0 Å². The quantitative estimate of drug-likeness (QED) is 0.472. The summed E-state index contributed by atoms with van der Waals surface area (Å²) in [6.07, 6.45) is 0.160. The molecule has 8 nitrogen and oxygen atoms in total. The van der Waals surface area contributed by atoms with Gasteiger partial charge in [0.15, 0.2) is 12.5 Å². The molecule has 19 heavy (non-hydrogen) atoms. The topological polar surface area (TPSA) is 99.9 Å². The van der Waals surface area contributed by atoms with Gasteiger partial charge in [0.25, 0.3) is 5.69 Å². The first-order chi connectivity index (χ1) is 9.10. The minimum absolute atomic E-state index is 0.00828. The molecule has 0 saturated heterocycles. The number of nitro groups is 1. The number of non-ortho nitro benzene ring substituents is 1. The maximum atomic E-state index is 10.9. The van der Waals surface area contributed by atoms with E-state index in [1.54, 1.807) is 12.1 Å². The fourth-order valence-electron chi connectivity index (χ4n) is 1.61. The van der Waals surface area contributed by atoms with E-state index in [1.165, 1.54) is 17.3 Å². The van der Waals surface area contributed by atoms with Crippen molar-refractivity contribution in [2.24, 2.45) is 5.10 Å². The molecule has 1 aromatic rings. The van der Waals surface area contributed by atoms with Crippen molar-refractivity contribution in [2.75, 3.05) is 12.0 Å². The monoisotopic (exact) mass is 263 g/mol. The normalized spacial score (nSPS) is 18.7. The molecule has 1 unspecified atom stereocenters. The number of nitro benzene ring substituents is 1. The molecule has 0 saturated carbocycles. The number of anilines is 1. The minimum Gasteiger partial charge on any atom is -0.299 e. The zero-order chi connectivity index (χ0) is 13.8. The van der Waals surface area contributed by atoms with E-state index in [-0.39, 0.29) is 5.69 Å². The van der Waals surface area contributed by atoms with Gasteiger partial charge in [-0.3, -0.25) is 25.7 Å². The van der Waals surface area contributed by atoms with E-state index in [2.05, 4.69) is 15.8 Å². The maximum Gasteiger partial charge on any atom is 0.269 e. The van der Waals surface area contributed by atoms with E-state index >= 15 is 0 Å². The Morgan fingerprint density at radius 3 is 2.79 bits per heavy atom. The van der Waals surface area contributed by atoms with Crippen LogP contribution in [0, 0.1) is 10.1 Å². The maximum absolute atomic E-state index is 10.9. The van der Waals surface area contributed by atoms with E-state index in [9.17, 15) is 14.9 Å². The largest absolute Gasteiger partial charge is 0.299 e.